The fourth-order valence-corrected chi connectivity index (χ4v) is 3.83. The van der Waals surface area contributed by atoms with Crippen LogP contribution in [0.4, 0.5) is 5.82 Å². The maximum absolute atomic E-state index is 4.70. The van der Waals surface area contributed by atoms with Crippen molar-refractivity contribution in [3.8, 4) is 0 Å². The van der Waals surface area contributed by atoms with Crippen LogP contribution >= 0.6 is 35.3 Å². The second kappa shape index (κ2) is 11.6. The molecule has 1 saturated heterocycles. The monoisotopic (exact) mass is 514 g/mol. The summed E-state index contributed by atoms with van der Waals surface area (Å²) in [6.45, 7) is 10.7. The van der Waals surface area contributed by atoms with E-state index in [1.54, 1.807) is 0 Å². The van der Waals surface area contributed by atoms with E-state index in [2.05, 4.69) is 70.6 Å². The van der Waals surface area contributed by atoms with Crippen molar-refractivity contribution >= 4 is 47.1 Å². The molecule has 0 radical (unpaired) electrons. The van der Waals surface area contributed by atoms with E-state index in [-0.39, 0.29) is 24.0 Å². The van der Waals surface area contributed by atoms with Gasteiger partial charge in [0.05, 0.1) is 13.1 Å². The van der Waals surface area contributed by atoms with Gasteiger partial charge >= 0.3 is 0 Å². The summed E-state index contributed by atoms with van der Waals surface area (Å²) in [6, 6.07) is 8.57. The lowest BCUT2D eigenvalue weighted by molar-refractivity contribution is 0.312. The van der Waals surface area contributed by atoms with Gasteiger partial charge in [-0.25, -0.2) is 9.98 Å². The Kier molecular flexibility index (Phi) is 9.46. The van der Waals surface area contributed by atoms with Crippen molar-refractivity contribution in [1.29, 1.82) is 0 Å². The van der Waals surface area contributed by atoms with Crippen LogP contribution in [0.1, 0.15) is 22.2 Å². The van der Waals surface area contributed by atoms with Gasteiger partial charge in [-0.15, -0.1) is 35.3 Å². The second-order valence-corrected chi connectivity index (χ2v) is 8.25. The molecule has 0 unspecified atom stereocenters. The van der Waals surface area contributed by atoms with Crippen LogP contribution in [0.15, 0.2) is 35.5 Å². The van der Waals surface area contributed by atoms with Crippen molar-refractivity contribution in [2.45, 2.75) is 26.9 Å². The van der Waals surface area contributed by atoms with Gasteiger partial charge in [-0.05, 0) is 44.7 Å². The standard InChI is InChI=1S/C20H30N6S.HI/c1-4-21-20(24-15-18-7-5-16(2)27-18)23-14-17-6-8-19(22-13-17)26-11-9-25(3)10-12-26;/h5-8,13H,4,9-12,14-15H2,1-3H3,(H2,21,23,24);1H. The summed E-state index contributed by atoms with van der Waals surface area (Å²) in [7, 11) is 2.17. The van der Waals surface area contributed by atoms with Crippen molar-refractivity contribution in [2.75, 3.05) is 44.7 Å². The van der Waals surface area contributed by atoms with Crippen LogP contribution in [0.5, 0.6) is 0 Å². The summed E-state index contributed by atoms with van der Waals surface area (Å²) in [4.78, 5) is 16.7. The van der Waals surface area contributed by atoms with Crippen LogP contribution < -0.4 is 15.5 Å². The maximum Gasteiger partial charge on any atom is 0.191 e. The molecule has 0 saturated carbocycles. The van der Waals surface area contributed by atoms with Gasteiger partial charge in [0.2, 0.25) is 0 Å². The Morgan fingerprint density at radius 3 is 2.54 bits per heavy atom. The number of nitrogens with zero attached hydrogens (tertiary/aromatic N) is 4. The van der Waals surface area contributed by atoms with Gasteiger partial charge in [0.25, 0.3) is 0 Å². The largest absolute Gasteiger partial charge is 0.357 e. The SMILES string of the molecule is CCNC(=NCc1ccc(N2CCN(C)CC2)nc1)NCc1ccc(C)s1.I. The van der Waals surface area contributed by atoms with Crippen molar-refractivity contribution in [3.63, 3.8) is 0 Å². The molecule has 0 aliphatic carbocycles. The van der Waals surface area contributed by atoms with Crippen LogP contribution in [0.2, 0.25) is 0 Å². The van der Waals surface area contributed by atoms with Gasteiger partial charge in [0.15, 0.2) is 5.96 Å². The van der Waals surface area contributed by atoms with Gasteiger partial charge < -0.3 is 20.4 Å². The highest BCUT2D eigenvalue weighted by Crippen LogP contribution is 2.15. The van der Waals surface area contributed by atoms with E-state index in [0.29, 0.717) is 6.54 Å². The Morgan fingerprint density at radius 1 is 1.14 bits per heavy atom. The predicted molar refractivity (Wildman–Crippen MR) is 130 cm³/mol. The number of hydrogen-bond acceptors (Lipinski definition) is 5. The fraction of sp³-hybridized carbons (Fsp3) is 0.500. The predicted octanol–water partition coefficient (Wildman–Crippen LogP) is 3.08. The minimum atomic E-state index is 0. The van der Waals surface area contributed by atoms with Crippen molar-refractivity contribution in [3.05, 3.63) is 45.8 Å². The highest BCUT2D eigenvalue weighted by Gasteiger charge is 2.14. The van der Waals surface area contributed by atoms with E-state index in [1.807, 2.05) is 17.5 Å². The molecule has 8 heteroatoms. The van der Waals surface area contributed by atoms with Crippen LogP contribution in [-0.2, 0) is 13.1 Å². The summed E-state index contributed by atoms with van der Waals surface area (Å²) in [5.41, 5.74) is 1.12. The van der Waals surface area contributed by atoms with Gasteiger partial charge in [-0.3, -0.25) is 0 Å². The summed E-state index contributed by atoms with van der Waals surface area (Å²) in [5, 5.41) is 6.71. The third-order valence-electron chi connectivity index (χ3n) is 4.63. The molecule has 3 heterocycles. The number of anilines is 1. The van der Waals surface area contributed by atoms with E-state index in [0.717, 1.165) is 56.6 Å². The molecule has 0 bridgehead atoms. The number of rotatable bonds is 6. The number of aliphatic imine (C=N–C) groups is 1. The number of pyridine rings is 1. The van der Waals surface area contributed by atoms with Crippen LogP contribution in [0.25, 0.3) is 0 Å². The molecule has 0 spiro atoms. The summed E-state index contributed by atoms with van der Waals surface area (Å²) in [5.74, 6) is 1.90. The molecule has 2 aromatic heterocycles. The number of aromatic nitrogens is 1. The molecule has 6 nitrogen and oxygen atoms in total. The Bertz CT molecular complexity index is 737. The minimum Gasteiger partial charge on any atom is -0.357 e. The molecule has 2 N–H and O–H groups in total. The molecule has 0 amide bonds. The quantitative estimate of drug-likeness (QED) is 0.353. The van der Waals surface area contributed by atoms with Gasteiger partial charge in [-0.2, -0.15) is 0 Å². The smallest absolute Gasteiger partial charge is 0.191 e. The van der Waals surface area contributed by atoms with E-state index in [4.69, 9.17) is 4.99 Å². The Labute approximate surface area is 189 Å². The third kappa shape index (κ3) is 6.89. The Morgan fingerprint density at radius 2 is 1.93 bits per heavy atom. The van der Waals surface area contributed by atoms with Crippen LogP contribution in [-0.4, -0.2) is 55.6 Å². The zero-order chi connectivity index (χ0) is 19.1. The van der Waals surface area contributed by atoms with Gasteiger partial charge in [0.1, 0.15) is 5.82 Å². The first-order valence-corrected chi connectivity index (χ1v) is 10.4. The fourth-order valence-electron chi connectivity index (χ4n) is 3.00. The minimum absolute atomic E-state index is 0. The summed E-state index contributed by atoms with van der Waals surface area (Å²) >= 11 is 1.81. The lowest BCUT2D eigenvalue weighted by Gasteiger charge is -2.33. The number of aryl methyl sites for hydroxylation is 1. The second-order valence-electron chi connectivity index (χ2n) is 6.88. The molecule has 1 aliphatic rings. The van der Waals surface area contributed by atoms with Crippen molar-refractivity contribution < 1.29 is 0 Å². The first kappa shape index (κ1) is 22.9. The van der Waals surface area contributed by atoms with Gasteiger partial charge in [0, 0.05) is 48.7 Å². The number of hydrogen-bond donors (Lipinski definition) is 2. The number of guanidine groups is 1. The number of thiophene rings is 1. The molecule has 2 aromatic rings. The van der Waals surface area contributed by atoms with Crippen molar-refractivity contribution in [2.24, 2.45) is 4.99 Å². The molecule has 28 heavy (non-hydrogen) atoms. The number of nitrogens with one attached hydrogen (secondary N) is 2. The lowest BCUT2D eigenvalue weighted by atomic mass is 10.2. The zero-order valence-corrected chi connectivity index (χ0v) is 20.1. The molecular weight excluding hydrogens is 483 g/mol. The molecule has 0 aromatic carbocycles. The highest BCUT2D eigenvalue weighted by atomic mass is 127. The molecule has 1 aliphatic heterocycles. The van der Waals surface area contributed by atoms with E-state index >= 15 is 0 Å². The molecule has 0 atom stereocenters. The Balaban J connectivity index is 0.00000280. The number of halogens is 1. The third-order valence-corrected chi connectivity index (χ3v) is 5.63. The Hall–Kier alpha value is -1.39. The summed E-state index contributed by atoms with van der Waals surface area (Å²) in [6.07, 6.45) is 1.95. The average molecular weight is 514 g/mol. The molecule has 154 valence electrons. The highest BCUT2D eigenvalue weighted by molar-refractivity contribution is 14.0. The van der Waals surface area contributed by atoms with E-state index < -0.39 is 0 Å². The van der Waals surface area contributed by atoms with E-state index in [9.17, 15) is 0 Å². The normalized spacial score (nSPS) is 15.2. The van der Waals surface area contributed by atoms with Gasteiger partial charge in [-0.1, -0.05) is 6.07 Å². The van der Waals surface area contributed by atoms with Crippen LogP contribution in [0.3, 0.4) is 0 Å². The molecular formula is C20H31IN6S. The van der Waals surface area contributed by atoms with E-state index in [1.165, 1.54) is 9.75 Å². The first-order valence-electron chi connectivity index (χ1n) is 9.60. The van der Waals surface area contributed by atoms with Crippen LogP contribution in [0, 0.1) is 6.92 Å². The molecule has 1 fully saturated rings. The number of likely N-dealkylation sites (N-methyl/N-ethyl adjacent to an activating group) is 1. The number of piperazine rings is 1. The van der Waals surface area contributed by atoms with Crippen molar-refractivity contribution in [1.82, 2.24) is 20.5 Å². The maximum atomic E-state index is 4.70. The summed E-state index contributed by atoms with van der Waals surface area (Å²) < 4.78 is 0. The average Bonchev–Trinajstić information content (AvgIpc) is 3.10. The topological polar surface area (TPSA) is 55.8 Å². The lowest BCUT2D eigenvalue weighted by Crippen LogP contribution is -2.44. The molecule has 3 rings (SSSR count). The first-order chi connectivity index (χ1) is 13.1. The zero-order valence-electron chi connectivity index (χ0n) is 16.9.